The highest BCUT2D eigenvalue weighted by Crippen LogP contribution is 2.29. The lowest BCUT2D eigenvalue weighted by molar-refractivity contribution is -0.136. The number of carbonyl (C=O) groups excluding carboxylic acids is 4. The number of aliphatic hydroxyl groups is 1. The summed E-state index contributed by atoms with van der Waals surface area (Å²) in [5, 5.41) is 19.0. The number of aliphatic hydroxyl groups excluding tert-OH is 1. The zero-order chi connectivity index (χ0) is 32.3. The van der Waals surface area contributed by atoms with Crippen molar-refractivity contribution in [2.24, 2.45) is 11.8 Å². The lowest BCUT2D eigenvalue weighted by Gasteiger charge is -2.27. The second-order valence-corrected chi connectivity index (χ2v) is 12.9. The number of carbonyl (C=O) groups is 4. The lowest BCUT2D eigenvalue weighted by atomic mass is 9.93. The van der Waals surface area contributed by atoms with Crippen LogP contribution in [0.1, 0.15) is 71.4 Å². The number of aryl methyl sites for hydroxylation is 1. The van der Waals surface area contributed by atoms with Gasteiger partial charge in [-0.1, -0.05) is 88.4 Å². The molecule has 240 valence electrons. The Hall–Kier alpha value is -3.56. The summed E-state index contributed by atoms with van der Waals surface area (Å²) in [5.74, 6) is -1.44. The molecule has 9 heteroatoms. The summed E-state index contributed by atoms with van der Waals surface area (Å²) in [4.78, 5) is 53.6. The molecule has 5 atom stereocenters. The summed E-state index contributed by atoms with van der Waals surface area (Å²) < 4.78 is 5.38. The molecule has 1 heterocycles. The number of hydrogen-bond donors (Lipinski definition) is 4. The minimum absolute atomic E-state index is 0.0474. The molecular formula is C35H49N3O6. The van der Waals surface area contributed by atoms with Crippen molar-refractivity contribution in [3.05, 3.63) is 71.8 Å². The van der Waals surface area contributed by atoms with Crippen LogP contribution in [-0.2, 0) is 36.8 Å². The molecule has 3 rings (SSSR count). The highest BCUT2D eigenvalue weighted by molar-refractivity contribution is 5.98. The van der Waals surface area contributed by atoms with E-state index in [-0.39, 0.29) is 24.5 Å². The van der Waals surface area contributed by atoms with E-state index < -0.39 is 47.6 Å². The lowest BCUT2D eigenvalue weighted by Crippen LogP contribution is -2.58. The third-order valence-electron chi connectivity index (χ3n) is 7.87. The standard InChI is InChI=1S/C35H49N3O6/c1-23(2)16-18-27(31(40)35(5)22-44-35)36-33(42)29(21-26-14-10-7-11-15-26)37-32(41)28(20-24(3)4)38-34(43)30(39)19-17-25-12-8-6-9-13-25/h6-15,23-24,27-30,39H,16-22H2,1-5H3,(H,36,42)(H,37,41)(H,38,43)/t27-,28-,29-,30-,35+/m0/s1. The second-order valence-electron chi connectivity index (χ2n) is 12.9. The number of amides is 3. The van der Waals surface area contributed by atoms with Crippen molar-refractivity contribution in [2.75, 3.05) is 6.61 Å². The molecule has 0 unspecified atom stereocenters. The molecule has 0 radical (unpaired) electrons. The molecule has 4 N–H and O–H groups in total. The maximum atomic E-state index is 13.7. The Morgan fingerprint density at radius 1 is 0.727 bits per heavy atom. The molecule has 0 bridgehead atoms. The summed E-state index contributed by atoms with van der Waals surface area (Å²) in [6, 6.07) is 16.1. The van der Waals surface area contributed by atoms with Gasteiger partial charge in [0, 0.05) is 6.42 Å². The maximum absolute atomic E-state index is 13.7. The predicted octanol–water partition coefficient (Wildman–Crippen LogP) is 3.52. The molecule has 0 aromatic heterocycles. The fourth-order valence-electron chi connectivity index (χ4n) is 5.04. The smallest absolute Gasteiger partial charge is 0.249 e. The maximum Gasteiger partial charge on any atom is 0.249 e. The van der Waals surface area contributed by atoms with Gasteiger partial charge < -0.3 is 25.8 Å². The van der Waals surface area contributed by atoms with Crippen molar-refractivity contribution in [3.63, 3.8) is 0 Å². The SMILES string of the molecule is CC(C)CC[C@H](NC(=O)[C@H](Cc1ccccc1)NC(=O)[C@H](CC(C)C)NC(=O)[C@@H](O)CCc1ccccc1)C(=O)[C@@]1(C)CO1. The number of Topliss-reactive ketones (excluding diaryl/α,β-unsaturated/α-hetero) is 1. The van der Waals surface area contributed by atoms with Gasteiger partial charge in [-0.15, -0.1) is 0 Å². The summed E-state index contributed by atoms with van der Waals surface area (Å²) in [6.07, 6.45) is 1.13. The first-order valence-electron chi connectivity index (χ1n) is 15.7. The van der Waals surface area contributed by atoms with Crippen LogP contribution in [0.5, 0.6) is 0 Å². The van der Waals surface area contributed by atoms with E-state index in [0.717, 1.165) is 17.5 Å². The Kier molecular flexibility index (Phi) is 13.1. The van der Waals surface area contributed by atoms with Gasteiger partial charge in [0.15, 0.2) is 5.78 Å². The average molecular weight is 608 g/mol. The van der Waals surface area contributed by atoms with Crippen LogP contribution in [0.25, 0.3) is 0 Å². The van der Waals surface area contributed by atoms with E-state index in [1.807, 2.05) is 74.5 Å². The van der Waals surface area contributed by atoms with Gasteiger partial charge in [0.2, 0.25) is 17.7 Å². The van der Waals surface area contributed by atoms with Gasteiger partial charge in [0.05, 0.1) is 12.6 Å². The molecule has 1 aliphatic heterocycles. The van der Waals surface area contributed by atoms with E-state index in [1.54, 1.807) is 6.92 Å². The third kappa shape index (κ3) is 11.2. The summed E-state index contributed by atoms with van der Waals surface area (Å²) in [5.41, 5.74) is 0.926. The highest BCUT2D eigenvalue weighted by atomic mass is 16.6. The van der Waals surface area contributed by atoms with E-state index in [9.17, 15) is 24.3 Å². The Morgan fingerprint density at radius 3 is 1.80 bits per heavy atom. The van der Waals surface area contributed by atoms with Gasteiger partial charge in [-0.25, -0.2) is 0 Å². The normalized spacial score (nSPS) is 18.6. The van der Waals surface area contributed by atoms with Crippen molar-refractivity contribution < 1.29 is 29.0 Å². The van der Waals surface area contributed by atoms with Crippen LogP contribution in [0.15, 0.2) is 60.7 Å². The van der Waals surface area contributed by atoms with E-state index in [1.165, 1.54) is 0 Å². The molecular weight excluding hydrogens is 558 g/mol. The molecule has 44 heavy (non-hydrogen) atoms. The number of ketones is 1. The largest absolute Gasteiger partial charge is 0.383 e. The fraction of sp³-hybridized carbons (Fsp3) is 0.543. The van der Waals surface area contributed by atoms with Gasteiger partial charge in [0.1, 0.15) is 23.8 Å². The first-order chi connectivity index (χ1) is 20.9. The van der Waals surface area contributed by atoms with Gasteiger partial charge >= 0.3 is 0 Å². The minimum atomic E-state index is -1.29. The monoisotopic (exact) mass is 607 g/mol. The van der Waals surface area contributed by atoms with E-state index in [4.69, 9.17) is 4.74 Å². The quantitative estimate of drug-likeness (QED) is 0.192. The van der Waals surface area contributed by atoms with Crippen LogP contribution in [-0.4, -0.2) is 65.0 Å². The van der Waals surface area contributed by atoms with E-state index in [0.29, 0.717) is 31.8 Å². The number of epoxide rings is 1. The summed E-state index contributed by atoms with van der Waals surface area (Å²) in [7, 11) is 0. The van der Waals surface area contributed by atoms with E-state index >= 15 is 0 Å². The van der Waals surface area contributed by atoms with Crippen LogP contribution >= 0.6 is 0 Å². The Balaban J connectivity index is 1.74. The topological polar surface area (TPSA) is 137 Å². The molecule has 2 aromatic rings. The third-order valence-corrected chi connectivity index (χ3v) is 7.87. The number of hydrogen-bond acceptors (Lipinski definition) is 6. The Labute approximate surface area is 261 Å². The number of ether oxygens (including phenoxy) is 1. The molecule has 1 aliphatic rings. The van der Waals surface area contributed by atoms with Crippen molar-refractivity contribution in [2.45, 2.75) is 103 Å². The van der Waals surface area contributed by atoms with Crippen LogP contribution in [0.2, 0.25) is 0 Å². The number of nitrogens with one attached hydrogen (secondary N) is 3. The van der Waals surface area contributed by atoms with Crippen molar-refractivity contribution in [3.8, 4) is 0 Å². The Bertz CT molecular complexity index is 1230. The fourth-order valence-corrected chi connectivity index (χ4v) is 5.04. The van der Waals surface area contributed by atoms with Gasteiger partial charge in [-0.2, -0.15) is 0 Å². The van der Waals surface area contributed by atoms with Crippen LogP contribution in [0.3, 0.4) is 0 Å². The highest BCUT2D eigenvalue weighted by Gasteiger charge is 2.50. The van der Waals surface area contributed by atoms with E-state index in [2.05, 4.69) is 29.8 Å². The molecule has 2 aromatic carbocycles. The molecule has 3 amide bonds. The summed E-state index contributed by atoms with van der Waals surface area (Å²) in [6.45, 7) is 10.0. The van der Waals surface area contributed by atoms with Crippen molar-refractivity contribution >= 4 is 23.5 Å². The molecule has 9 nitrogen and oxygen atoms in total. The van der Waals surface area contributed by atoms with Crippen LogP contribution in [0, 0.1) is 11.8 Å². The average Bonchev–Trinajstić information content (AvgIpc) is 3.75. The number of benzene rings is 2. The molecule has 0 aliphatic carbocycles. The second kappa shape index (κ2) is 16.5. The molecule has 1 fully saturated rings. The van der Waals surface area contributed by atoms with Crippen molar-refractivity contribution in [1.29, 1.82) is 0 Å². The van der Waals surface area contributed by atoms with Crippen LogP contribution < -0.4 is 16.0 Å². The first-order valence-corrected chi connectivity index (χ1v) is 15.7. The van der Waals surface area contributed by atoms with Gasteiger partial charge in [-0.3, -0.25) is 19.2 Å². The van der Waals surface area contributed by atoms with Gasteiger partial charge in [-0.05, 0) is 62.0 Å². The Morgan fingerprint density at radius 2 is 1.25 bits per heavy atom. The molecule has 0 spiro atoms. The minimum Gasteiger partial charge on any atom is -0.383 e. The summed E-state index contributed by atoms with van der Waals surface area (Å²) >= 11 is 0. The molecule has 0 saturated carbocycles. The zero-order valence-corrected chi connectivity index (χ0v) is 26.7. The predicted molar refractivity (Wildman–Crippen MR) is 170 cm³/mol. The molecule has 1 saturated heterocycles. The van der Waals surface area contributed by atoms with Crippen molar-refractivity contribution in [1.82, 2.24) is 16.0 Å². The number of rotatable bonds is 18. The van der Waals surface area contributed by atoms with Crippen LogP contribution in [0.4, 0.5) is 0 Å². The first kappa shape index (κ1) is 34.9. The zero-order valence-electron chi connectivity index (χ0n) is 26.7. The van der Waals surface area contributed by atoms with Gasteiger partial charge in [0.25, 0.3) is 0 Å².